The monoisotopic (exact) mass is 261 g/mol. The van der Waals surface area contributed by atoms with Crippen molar-refractivity contribution in [3.05, 3.63) is 28.5 Å². The number of hydrogen-bond acceptors (Lipinski definition) is 3. The van der Waals surface area contributed by atoms with Gasteiger partial charge in [0.1, 0.15) is 5.82 Å². The van der Waals surface area contributed by atoms with Crippen LogP contribution in [0.5, 0.6) is 0 Å². The van der Waals surface area contributed by atoms with Crippen molar-refractivity contribution in [2.45, 2.75) is 0 Å². The van der Waals surface area contributed by atoms with Crippen molar-refractivity contribution in [2.24, 2.45) is 5.84 Å². The van der Waals surface area contributed by atoms with Crippen LogP contribution < -0.4 is 16.6 Å². The maximum Gasteiger partial charge on any atom is 0.253 e. The molecular formula is C8H9BrFN3O. The highest BCUT2D eigenvalue weighted by molar-refractivity contribution is 9.10. The van der Waals surface area contributed by atoms with Crippen molar-refractivity contribution in [1.82, 2.24) is 5.43 Å². The molecule has 1 aromatic rings. The molecule has 0 aliphatic rings. The van der Waals surface area contributed by atoms with Crippen molar-refractivity contribution in [3.8, 4) is 0 Å². The van der Waals surface area contributed by atoms with E-state index in [1.807, 2.05) is 5.43 Å². The molecule has 0 saturated carbocycles. The number of benzene rings is 1. The molecule has 1 amide bonds. The molecule has 0 atom stereocenters. The van der Waals surface area contributed by atoms with Crippen LogP contribution in [0.1, 0.15) is 0 Å². The lowest BCUT2D eigenvalue weighted by atomic mass is 10.3. The van der Waals surface area contributed by atoms with Crippen molar-refractivity contribution >= 4 is 27.5 Å². The van der Waals surface area contributed by atoms with Gasteiger partial charge in [0.25, 0.3) is 5.91 Å². The van der Waals surface area contributed by atoms with E-state index in [0.717, 1.165) is 0 Å². The summed E-state index contributed by atoms with van der Waals surface area (Å²) in [4.78, 5) is 10.7. The third-order valence-electron chi connectivity index (χ3n) is 1.53. The fraction of sp³-hybridized carbons (Fsp3) is 0.125. The van der Waals surface area contributed by atoms with Gasteiger partial charge >= 0.3 is 0 Å². The molecule has 0 aromatic heterocycles. The van der Waals surface area contributed by atoms with Crippen LogP contribution in [0.25, 0.3) is 0 Å². The van der Waals surface area contributed by atoms with Crippen LogP contribution in [-0.4, -0.2) is 12.5 Å². The smallest absolute Gasteiger partial charge is 0.253 e. The Morgan fingerprint density at radius 2 is 2.29 bits per heavy atom. The van der Waals surface area contributed by atoms with Gasteiger partial charge in [0.05, 0.1) is 12.2 Å². The van der Waals surface area contributed by atoms with Gasteiger partial charge in [0.2, 0.25) is 0 Å². The second-order valence-corrected chi connectivity index (χ2v) is 3.46. The van der Waals surface area contributed by atoms with Crippen LogP contribution >= 0.6 is 15.9 Å². The molecule has 0 radical (unpaired) electrons. The normalized spacial score (nSPS) is 9.64. The Morgan fingerprint density at radius 1 is 1.57 bits per heavy atom. The van der Waals surface area contributed by atoms with Crippen LogP contribution in [0.3, 0.4) is 0 Å². The van der Waals surface area contributed by atoms with Gasteiger partial charge in [-0.1, -0.05) is 15.9 Å². The highest BCUT2D eigenvalue weighted by Gasteiger charge is 2.03. The van der Waals surface area contributed by atoms with Crippen molar-refractivity contribution in [3.63, 3.8) is 0 Å². The summed E-state index contributed by atoms with van der Waals surface area (Å²) in [6.45, 7) is -0.0605. The standard InChI is InChI=1S/C8H9BrFN3O/c9-5-1-2-7(6(10)3-5)12-4-8(14)13-11/h1-3,12H,4,11H2,(H,13,14). The first-order chi connectivity index (χ1) is 6.63. The third kappa shape index (κ3) is 2.97. The molecule has 1 aromatic carbocycles. The first kappa shape index (κ1) is 10.9. The van der Waals surface area contributed by atoms with Gasteiger partial charge in [0.15, 0.2) is 0 Å². The molecule has 0 fully saturated rings. The number of carbonyl (C=O) groups excluding carboxylic acids is 1. The summed E-state index contributed by atoms with van der Waals surface area (Å²) in [5.74, 6) is 4.02. The van der Waals surface area contributed by atoms with E-state index in [4.69, 9.17) is 5.84 Å². The predicted octanol–water partition coefficient (Wildman–Crippen LogP) is 0.990. The molecule has 0 spiro atoms. The Kier molecular flexibility index (Phi) is 3.84. The second kappa shape index (κ2) is 4.92. The summed E-state index contributed by atoms with van der Waals surface area (Å²) < 4.78 is 13.8. The maximum atomic E-state index is 13.1. The molecule has 0 saturated heterocycles. The molecule has 0 aliphatic carbocycles. The summed E-state index contributed by atoms with van der Waals surface area (Å²) in [7, 11) is 0. The molecule has 76 valence electrons. The SMILES string of the molecule is NNC(=O)CNc1ccc(Br)cc1F. The fourth-order valence-corrected chi connectivity index (χ4v) is 1.19. The first-order valence-electron chi connectivity index (χ1n) is 3.82. The maximum absolute atomic E-state index is 13.1. The van der Waals surface area contributed by atoms with E-state index >= 15 is 0 Å². The first-order valence-corrected chi connectivity index (χ1v) is 4.61. The van der Waals surface area contributed by atoms with Crippen molar-refractivity contribution in [1.29, 1.82) is 0 Å². The number of nitrogens with one attached hydrogen (secondary N) is 2. The summed E-state index contributed by atoms with van der Waals surface area (Å²) in [6, 6.07) is 4.51. The lowest BCUT2D eigenvalue weighted by Crippen LogP contribution is -2.35. The minimum atomic E-state index is -0.427. The number of carbonyl (C=O) groups is 1. The molecule has 0 bridgehead atoms. The molecular weight excluding hydrogens is 253 g/mol. The van der Waals surface area contributed by atoms with Gasteiger partial charge in [-0.05, 0) is 18.2 Å². The summed E-state index contributed by atoms with van der Waals surface area (Å²) in [5.41, 5.74) is 2.19. The zero-order valence-corrected chi connectivity index (χ0v) is 8.77. The highest BCUT2D eigenvalue weighted by Crippen LogP contribution is 2.18. The zero-order chi connectivity index (χ0) is 10.6. The van der Waals surface area contributed by atoms with Crippen LogP contribution in [0, 0.1) is 5.82 Å². The van der Waals surface area contributed by atoms with Crippen LogP contribution in [-0.2, 0) is 4.79 Å². The minimum Gasteiger partial charge on any atom is -0.374 e. The number of hydrogen-bond donors (Lipinski definition) is 3. The van der Waals surface area contributed by atoms with Gasteiger partial charge in [-0.25, -0.2) is 10.2 Å². The average Bonchev–Trinajstić information content (AvgIpc) is 2.16. The van der Waals surface area contributed by atoms with E-state index < -0.39 is 11.7 Å². The highest BCUT2D eigenvalue weighted by atomic mass is 79.9. The number of rotatable bonds is 3. The Morgan fingerprint density at radius 3 is 2.86 bits per heavy atom. The minimum absolute atomic E-state index is 0.0605. The largest absolute Gasteiger partial charge is 0.374 e. The van der Waals surface area contributed by atoms with Crippen LogP contribution in [0.2, 0.25) is 0 Å². The van der Waals surface area contributed by atoms with E-state index in [1.54, 1.807) is 6.07 Å². The van der Waals surface area contributed by atoms with E-state index in [9.17, 15) is 9.18 Å². The third-order valence-corrected chi connectivity index (χ3v) is 2.02. The molecule has 4 N–H and O–H groups in total. The van der Waals surface area contributed by atoms with Crippen LogP contribution in [0.15, 0.2) is 22.7 Å². The van der Waals surface area contributed by atoms with Gasteiger partial charge in [0, 0.05) is 4.47 Å². The molecule has 6 heteroatoms. The quantitative estimate of drug-likeness (QED) is 0.432. The molecule has 0 unspecified atom stereocenters. The number of hydrazine groups is 1. The topological polar surface area (TPSA) is 67.1 Å². The van der Waals surface area contributed by atoms with Crippen molar-refractivity contribution in [2.75, 3.05) is 11.9 Å². The van der Waals surface area contributed by atoms with E-state index in [0.29, 0.717) is 4.47 Å². The van der Waals surface area contributed by atoms with Gasteiger partial charge in [-0.3, -0.25) is 10.2 Å². The summed E-state index contributed by atoms with van der Waals surface area (Å²) >= 11 is 3.12. The zero-order valence-electron chi connectivity index (χ0n) is 7.18. The fourth-order valence-electron chi connectivity index (χ4n) is 0.859. The molecule has 0 aliphatic heterocycles. The average molecular weight is 262 g/mol. The molecule has 4 nitrogen and oxygen atoms in total. The van der Waals surface area contributed by atoms with E-state index in [1.165, 1.54) is 12.1 Å². The lowest BCUT2D eigenvalue weighted by Gasteiger charge is -2.06. The van der Waals surface area contributed by atoms with Gasteiger partial charge in [-0.15, -0.1) is 0 Å². The van der Waals surface area contributed by atoms with Crippen LogP contribution in [0.4, 0.5) is 10.1 Å². The van der Waals surface area contributed by atoms with Gasteiger partial charge in [-0.2, -0.15) is 0 Å². The summed E-state index contributed by atoms with van der Waals surface area (Å²) in [6.07, 6.45) is 0. The molecule has 0 heterocycles. The predicted molar refractivity (Wildman–Crippen MR) is 54.9 cm³/mol. The lowest BCUT2D eigenvalue weighted by molar-refractivity contribution is -0.119. The van der Waals surface area contributed by atoms with Gasteiger partial charge < -0.3 is 5.32 Å². The Bertz CT molecular complexity index is 345. The van der Waals surface area contributed by atoms with E-state index in [2.05, 4.69) is 21.2 Å². The second-order valence-electron chi connectivity index (χ2n) is 2.55. The number of nitrogens with two attached hydrogens (primary N) is 1. The van der Waals surface area contributed by atoms with Crippen molar-refractivity contribution < 1.29 is 9.18 Å². The molecule has 1 rings (SSSR count). The Hall–Kier alpha value is -1.14. The van der Waals surface area contributed by atoms with E-state index in [-0.39, 0.29) is 12.2 Å². The molecule has 14 heavy (non-hydrogen) atoms. The Balaban J connectivity index is 2.63. The Labute approximate surface area is 88.8 Å². The number of amides is 1. The number of anilines is 1. The summed E-state index contributed by atoms with van der Waals surface area (Å²) in [5, 5.41) is 2.60. The number of halogens is 2.